The summed E-state index contributed by atoms with van der Waals surface area (Å²) < 4.78 is 22.8. The van der Waals surface area contributed by atoms with Crippen LogP contribution in [0.25, 0.3) is 11.7 Å². The molecule has 0 fully saturated rings. The number of thioether (sulfide) groups is 1. The highest BCUT2D eigenvalue weighted by atomic mass is 32.2. The van der Waals surface area contributed by atoms with Crippen LogP contribution in [0.15, 0.2) is 50.4 Å². The molecule has 0 unspecified atom stereocenters. The van der Waals surface area contributed by atoms with Crippen LogP contribution in [0.5, 0.6) is 0 Å². The summed E-state index contributed by atoms with van der Waals surface area (Å²) in [5, 5.41) is 13.4. The zero-order valence-corrected chi connectivity index (χ0v) is 11.8. The van der Waals surface area contributed by atoms with E-state index in [1.165, 1.54) is 30.1 Å². The van der Waals surface area contributed by atoms with Crippen LogP contribution in [0.3, 0.4) is 0 Å². The average Bonchev–Trinajstić information content (AvgIpc) is 3.17. The minimum atomic E-state index is -0.320. The molecular weight excluding hydrogens is 311 g/mol. The Kier molecular flexibility index (Phi) is 4.15. The van der Waals surface area contributed by atoms with Crippen LogP contribution in [-0.2, 0) is 4.79 Å². The lowest BCUT2D eigenvalue weighted by Gasteiger charge is -2.01. The van der Waals surface area contributed by atoms with Gasteiger partial charge in [-0.25, -0.2) is 4.39 Å². The number of carbonyl (C=O) groups is 1. The van der Waals surface area contributed by atoms with E-state index in [-0.39, 0.29) is 29.4 Å². The lowest BCUT2D eigenvalue weighted by Crippen LogP contribution is -2.14. The minimum absolute atomic E-state index is 0.0314. The second kappa shape index (κ2) is 6.39. The summed E-state index contributed by atoms with van der Waals surface area (Å²) in [6.07, 6.45) is 1.44. The maximum Gasteiger partial charge on any atom is 0.322 e. The molecule has 0 atom stereocenters. The molecule has 22 heavy (non-hydrogen) atoms. The molecule has 3 aromatic rings. The molecule has 0 saturated heterocycles. The van der Waals surface area contributed by atoms with E-state index in [1.54, 1.807) is 18.2 Å². The molecule has 9 heteroatoms. The number of aromatic nitrogens is 3. The largest absolute Gasteiger partial charge is 0.400 e. The smallest absolute Gasteiger partial charge is 0.322 e. The van der Waals surface area contributed by atoms with Crippen molar-refractivity contribution in [3.05, 3.63) is 42.3 Å². The van der Waals surface area contributed by atoms with Gasteiger partial charge in [-0.1, -0.05) is 10.3 Å². The Labute approximate surface area is 127 Å². The van der Waals surface area contributed by atoms with Crippen LogP contribution >= 0.6 is 11.8 Å². The normalized spacial score (nSPS) is 10.6. The topological polar surface area (TPSA) is 94.1 Å². The van der Waals surface area contributed by atoms with Gasteiger partial charge in [0.05, 0.1) is 11.9 Å². The highest BCUT2D eigenvalue weighted by Gasteiger charge is 2.13. The van der Waals surface area contributed by atoms with Crippen LogP contribution < -0.4 is 5.32 Å². The third-order valence-corrected chi connectivity index (χ3v) is 3.52. The fourth-order valence-electron chi connectivity index (χ4n) is 1.53. The van der Waals surface area contributed by atoms with Crippen molar-refractivity contribution < 1.29 is 18.1 Å². The van der Waals surface area contributed by atoms with Gasteiger partial charge in [0.15, 0.2) is 0 Å². The second-order valence-corrected chi connectivity index (χ2v) is 5.13. The number of rotatable bonds is 5. The number of benzene rings is 1. The molecule has 2 aromatic heterocycles. The molecule has 2 heterocycles. The third-order valence-electron chi connectivity index (χ3n) is 2.50. The Bertz CT molecular complexity index is 758. The zero-order chi connectivity index (χ0) is 15.4. The molecule has 0 aliphatic carbocycles. The van der Waals surface area contributed by atoms with E-state index >= 15 is 0 Å². The summed E-state index contributed by atoms with van der Waals surface area (Å²) in [5.41, 5.74) is 0. The van der Waals surface area contributed by atoms with E-state index < -0.39 is 0 Å². The first-order valence-corrected chi connectivity index (χ1v) is 7.12. The van der Waals surface area contributed by atoms with Crippen molar-refractivity contribution in [3.8, 4) is 11.7 Å². The lowest BCUT2D eigenvalue weighted by atomic mass is 10.4. The third kappa shape index (κ3) is 3.50. The van der Waals surface area contributed by atoms with Gasteiger partial charge in [0.2, 0.25) is 11.7 Å². The molecule has 1 N–H and O–H groups in total. The predicted octanol–water partition coefficient (Wildman–Crippen LogP) is 2.59. The van der Waals surface area contributed by atoms with E-state index in [0.29, 0.717) is 5.76 Å². The standard InChI is InChI=1S/C13H9FN4O3S/c14-8-1-3-9(4-2-8)22-7-11(19)16-13-18-17-12(20-13)10-5-6-15-21-10/h1-6H,7H2,(H,16,18,19). The first kappa shape index (κ1) is 14.3. The van der Waals surface area contributed by atoms with Crippen LogP contribution in [0.4, 0.5) is 10.4 Å². The predicted molar refractivity (Wildman–Crippen MR) is 75.5 cm³/mol. The molecule has 0 radical (unpaired) electrons. The number of nitrogens with zero attached hydrogens (tertiary/aromatic N) is 3. The molecule has 1 amide bonds. The van der Waals surface area contributed by atoms with Gasteiger partial charge in [0.1, 0.15) is 5.82 Å². The number of carbonyl (C=O) groups excluding carboxylic acids is 1. The second-order valence-electron chi connectivity index (χ2n) is 4.08. The summed E-state index contributed by atoms with van der Waals surface area (Å²) in [4.78, 5) is 12.6. The highest BCUT2D eigenvalue weighted by Crippen LogP contribution is 2.20. The lowest BCUT2D eigenvalue weighted by molar-refractivity contribution is -0.113. The summed E-state index contributed by atoms with van der Waals surface area (Å²) in [7, 11) is 0. The van der Waals surface area contributed by atoms with Crippen LogP contribution in [-0.4, -0.2) is 27.0 Å². The number of halogens is 1. The molecule has 7 nitrogen and oxygen atoms in total. The van der Waals surface area contributed by atoms with Gasteiger partial charge in [-0.05, 0) is 24.3 Å². The molecule has 3 rings (SSSR count). The van der Waals surface area contributed by atoms with Gasteiger partial charge in [-0.15, -0.1) is 16.9 Å². The zero-order valence-electron chi connectivity index (χ0n) is 11.0. The number of hydrogen-bond acceptors (Lipinski definition) is 7. The van der Waals surface area contributed by atoms with Crippen molar-refractivity contribution in [2.24, 2.45) is 0 Å². The molecule has 0 aliphatic rings. The first-order chi connectivity index (χ1) is 10.7. The molecule has 0 spiro atoms. The summed E-state index contributed by atoms with van der Waals surface area (Å²) >= 11 is 1.26. The number of hydrogen-bond donors (Lipinski definition) is 1. The maximum atomic E-state index is 12.8. The fraction of sp³-hybridized carbons (Fsp3) is 0.0769. The van der Waals surface area contributed by atoms with Crippen LogP contribution in [0, 0.1) is 5.82 Å². The molecule has 1 aromatic carbocycles. The van der Waals surface area contributed by atoms with Crippen LogP contribution in [0.2, 0.25) is 0 Å². The number of anilines is 1. The highest BCUT2D eigenvalue weighted by molar-refractivity contribution is 8.00. The Morgan fingerprint density at radius 1 is 1.23 bits per heavy atom. The summed E-state index contributed by atoms with van der Waals surface area (Å²) in [6.45, 7) is 0. The van der Waals surface area contributed by atoms with Gasteiger partial charge >= 0.3 is 6.01 Å². The molecule has 112 valence electrons. The number of nitrogens with one attached hydrogen (secondary N) is 1. The Hall–Kier alpha value is -2.68. The van der Waals surface area contributed by atoms with E-state index in [4.69, 9.17) is 8.94 Å². The van der Waals surface area contributed by atoms with Crippen LogP contribution in [0.1, 0.15) is 0 Å². The van der Waals surface area contributed by atoms with Gasteiger partial charge < -0.3 is 8.94 Å². The number of amides is 1. The quantitative estimate of drug-likeness (QED) is 0.722. The van der Waals surface area contributed by atoms with Crippen molar-refractivity contribution in [2.45, 2.75) is 4.90 Å². The van der Waals surface area contributed by atoms with Crippen molar-refractivity contribution in [2.75, 3.05) is 11.1 Å². The van der Waals surface area contributed by atoms with E-state index in [1.807, 2.05) is 0 Å². The van der Waals surface area contributed by atoms with E-state index in [2.05, 4.69) is 20.7 Å². The van der Waals surface area contributed by atoms with Gasteiger partial charge in [-0.2, -0.15) is 0 Å². The maximum absolute atomic E-state index is 12.8. The SMILES string of the molecule is O=C(CSc1ccc(F)cc1)Nc1nnc(-c2ccno2)o1. The molecule has 0 saturated carbocycles. The first-order valence-electron chi connectivity index (χ1n) is 6.13. The summed E-state index contributed by atoms with van der Waals surface area (Å²) in [5.74, 6) is -0.0690. The van der Waals surface area contributed by atoms with Crippen molar-refractivity contribution in [1.29, 1.82) is 0 Å². The van der Waals surface area contributed by atoms with Gasteiger partial charge in [0, 0.05) is 11.0 Å². The van der Waals surface area contributed by atoms with E-state index in [9.17, 15) is 9.18 Å². The molecular formula is C13H9FN4O3S. The monoisotopic (exact) mass is 320 g/mol. The van der Waals surface area contributed by atoms with Crippen molar-refractivity contribution in [3.63, 3.8) is 0 Å². The average molecular weight is 320 g/mol. The van der Waals surface area contributed by atoms with Gasteiger partial charge in [-0.3, -0.25) is 10.1 Å². The Morgan fingerprint density at radius 2 is 2.05 bits per heavy atom. The fourth-order valence-corrected chi connectivity index (χ4v) is 2.23. The molecule has 0 aliphatic heterocycles. The van der Waals surface area contributed by atoms with Crippen molar-refractivity contribution in [1.82, 2.24) is 15.4 Å². The minimum Gasteiger partial charge on any atom is -0.400 e. The van der Waals surface area contributed by atoms with Gasteiger partial charge in [0.25, 0.3) is 5.89 Å². The molecule has 0 bridgehead atoms. The Morgan fingerprint density at radius 3 is 2.77 bits per heavy atom. The summed E-state index contributed by atoms with van der Waals surface area (Å²) in [6, 6.07) is 7.40. The Balaban J connectivity index is 1.54. The van der Waals surface area contributed by atoms with Crippen molar-refractivity contribution >= 4 is 23.7 Å². The van der Waals surface area contributed by atoms with E-state index in [0.717, 1.165) is 4.90 Å².